The Bertz CT molecular complexity index is 698. The summed E-state index contributed by atoms with van der Waals surface area (Å²) in [5, 5.41) is 20.3. The van der Waals surface area contributed by atoms with Crippen LogP contribution in [0.15, 0.2) is 42.0 Å². The number of nitrogens with two attached hydrogens (primary N) is 1. The number of nitriles is 1. The second-order valence-corrected chi connectivity index (χ2v) is 4.19. The highest BCUT2D eigenvalue weighted by atomic mass is 32.1. The van der Waals surface area contributed by atoms with Crippen molar-refractivity contribution in [3.8, 4) is 11.8 Å². The van der Waals surface area contributed by atoms with Gasteiger partial charge in [-0.1, -0.05) is 42.5 Å². The van der Waals surface area contributed by atoms with E-state index in [2.05, 4.69) is 0 Å². The number of thiocarbonyl (C=S) groups is 1. The fourth-order valence-electron chi connectivity index (χ4n) is 1.75. The molecule has 0 heterocycles. The standard InChI is InChI=1S/C14H10N2OS/c15-8-10(14(16)18)7-9-5-6-13(17)12-4-2-1-3-11(9)12/h1-7,17H,(H2,16,18). The summed E-state index contributed by atoms with van der Waals surface area (Å²) in [5.41, 5.74) is 6.51. The highest BCUT2D eigenvalue weighted by molar-refractivity contribution is 7.80. The Morgan fingerprint density at radius 3 is 2.50 bits per heavy atom. The number of hydrogen-bond acceptors (Lipinski definition) is 3. The van der Waals surface area contributed by atoms with E-state index in [1.165, 1.54) is 0 Å². The van der Waals surface area contributed by atoms with Gasteiger partial charge >= 0.3 is 0 Å². The van der Waals surface area contributed by atoms with Gasteiger partial charge in [0.15, 0.2) is 0 Å². The minimum Gasteiger partial charge on any atom is -0.507 e. The number of phenols is 1. The predicted molar refractivity (Wildman–Crippen MR) is 76.0 cm³/mol. The number of rotatable bonds is 2. The molecule has 0 atom stereocenters. The van der Waals surface area contributed by atoms with Crippen molar-refractivity contribution in [3.05, 3.63) is 47.5 Å². The highest BCUT2D eigenvalue weighted by Gasteiger charge is 2.05. The van der Waals surface area contributed by atoms with Gasteiger partial charge in [-0.25, -0.2) is 0 Å². The Labute approximate surface area is 110 Å². The first-order chi connectivity index (χ1) is 8.63. The first kappa shape index (κ1) is 12.1. The zero-order valence-electron chi connectivity index (χ0n) is 9.42. The maximum absolute atomic E-state index is 9.76. The van der Waals surface area contributed by atoms with Crippen LogP contribution in [-0.4, -0.2) is 10.1 Å². The van der Waals surface area contributed by atoms with E-state index >= 15 is 0 Å². The molecule has 18 heavy (non-hydrogen) atoms. The molecule has 0 unspecified atom stereocenters. The van der Waals surface area contributed by atoms with Crippen molar-refractivity contribution in [1.29, 1.82) is 5.26 Å². The fourth-order valence-corrected chi connectivity index (χ4v) is 1.85. The third-order valence-corrected chi connectivity index (χ3v) is 2.84. The van der Waals surface area contributed by atoms with Gasteiger partial charge in [0, 0.05) is 5.39 Å². The van der Waals surface area contributed by atoms with Gasteiger partial charge in [-0.05, 0) is 23.1 Å². The van der Waals surface area contributed by atoms with E-state index in [9.17, 15) is 5.11 Å². The molecule has 2 aromatic carbocycles. The average Bonchev–Trinajstić information content (AvgIpc) is 2.38. The maximum Gasteiger partial charge on any atom is 0.123 e. The van der Waals surface area contributed by atoms with Crippen LogP contribution in [0.4, 0.5) is 0 Å². The van der Waals surface area contributed by atoms with Crippen LogP contribution in [0.25, 0.3) is 16.8 Å². The van der Waals surface area contributed by atoms with Gasteiger partial charge in [-0.3, -0.25) is 0 Å². The number of nitrogens with zero attached hydrogens (tertiary/aromatic N) is 1. The second kappa shape index (κ2) is 4.86. The minimum absolute atomic E-state index is 0.0645. The Kier molecular flexibility index (Phi) is 3.26. The van der Waals surface area contributed by atoms with E-state index in [-0.39, 0.29) is 16.3 Å². The molecule has 0 spiro atoms. The first-order valence-electron chi connectivity index (χ1n) is 5.26. The van der Waals surface area contributed by atoms with Crippen LogP contribution in [0.2, 0.25) is 0 Å². The lowest BCUT2D eigenvalue weighted by Gasteiger charge is -2.05. The molecule has 3 nitrogen and oxygen atoms in total. The minimum atomic E-state index is 0.0645. The summed E-state index contributed by atoms with van der Waals surface area (Å²) in [6, 6.07) is 12.7. The number of aromatic hydroxyl groups is 1. The van der Waals surface area contributed by atoms with E-state index in [0.717, 1.165) is 16.3 Å². The molecule has 0 saturated heterocycles. The van der Waals surface area contributed by atoms with E-state index < -0.39 is 0 Å². The lowest BCUT2D eigenvalue weighted by molar-refractivity contribution is 0.481. The molecular weight excluding hydrogens is 244 g/mol. The summed E-state index contributed by atoms with van der Waals surface area (Å²) in [5.74, 6) is 0.205. The van der Waals surface area contributed by atoms with Crippen LogP contribution in [0, 0.1) is 11.3 Å². The van der Waals surface area contributed by atoms with Gasteiger partial charge < -0.3 is 10.8 Å². The van der Waals surface area contributed by atoms with Crippen molar-refractivity contribution < 1.29 is 5.11 Å². The Morgan fingerprint density at radius 2 is 1.89 bits per heavy atom. The van der Waals surface area contributed by atoms with E-state index in [0.29, 0.717) is 0 Å². The number of hydrogen-bond donors (Lipinski definition) is 2. The molecule has 0 fully saturated rings. The molecule has 0 radical (unpaired) electrons. The molecular formula is C14H10N2OS. The highest BCUT2D eigenvalue weighted by Crippen LogP contribution is 2.28. The molecule has 0 aliphatic carbocycles. The zero-order valence-corrected chi connectivity index (χ0v) is 10.2. The summed E-state index contributed by atoms with van der Waals surface area (Å²) in [6.07, 6.45) is 1.63. The molecule has 3 N–H and O–H groups in total. The summed E-state index contributed by atoms with van der Waals surface area (Å²) < 4.78 is 0. The Balaban J connectivity index is 2.71. The lowest BCUT2D eigenvalue weighted by atomic mass is 10.0. The monoisotopic (exact) mass is 254 g/mol. The molecule has 0 aromatic heterocycles. The van der Waals surface area contributed by atoms with Gasteiger partial charge in [0.2, 0.25) is 0 Å². The third-order valence-electron chi connectivity index (χ3n) is 2.62. The zero-order chi connectivity index (χ0) is 13.1. The lowest BCUT2D eigenvalue weighted by Crippen LogP contribution is -2.09. The summed E-state index contributed by atoms with van der Waals surface area (Å²) in [7, 11) is 0. The van der Waals surface area contributed by atoms with E-state index in [1.54, 1.807) is 18.2 Å². The summed E-state index contributed by atoms with van der Waals surface area (Å²) in [4.78, 5) is 0.0645. The van der Waals surface area contributed by atoms with Gasteiger partial charge in [-0.2, -0.15) is 5.26 Å². The predicted octanol–water partition coefficient (Wildman–Crippen LogP) is 2.74. The second-order valence-electron chi connectivity index (χ2n) is 3.75. The average molecular weight is 254 g/mol. The molecule has 2 aromatic rings. The van der Waals surface area contributed by atoms with Gasteiger partial charge in [-0.15, -0.1) is 0 Å². The van der Waals surface area contributed by atoms with E-state index in [1.807, 2.05) is 30.3 Å². The Hall–Kier alpha value is -2.38. The van der Waals surface area contributed by atoms with Gasteiger partial charge in [0.1, 0.15) is 16.8 Å². The molecule has 88 valence electrons. The first-order valence-corrected chi connectivity index (χ1v) is 5.66. The van der Waals surface area contributed by atoms with Crippen molar-refractivity contribution in [1.82, 2.24) is 0 Å². The summed E-state index contributed by atoms with van der Waals surface area (Å²) >= 11 is 4.80. The van der Waals surface area contributed by atoms with Crippen molar-refractivity contribution >= 4 is 34.1 Å². The number of benzene rings is 2. The topological polar surface area (TPSA) is 70.0 Å². The van der Waals surface area contributed by atoms with Crippen LogP contribution in [0.1, 0.15) is 5.56 Å². The molecule has 0 aliphatic rings. The van der Waals surface area contributed by atoms with Crippen LogP contribution in [-0.2, 0) is 0 Å². The van der Waals surface area contributed by atoms with E-state index in [4.69, 9.17) is 23.2 Å². The van der Waals surface area contributed by atoms with Crippen LogP contribution in [0.3, 0.4) is 0 Å². The van der Waals surface area contributed by atoms with Crippen LogP contribution >= 0.6 is 12.2 Å². The summed E-state index contributed by atoms with van der Waals surface area (Å²) in [6.45, 7) is 0. The number of fused-ring (bicyclic) bond motifs is 1. The van der Waals surface area contributed by atoms with Crippen molar-refractivity contribution in [2.24, 2.45) is 5.73 Å². The molecule has 0 saturated carbocycles. The van der Waals surface area contributed by atoms with Gasteiger partial charge in [0.05, 0.1) is 5.57 Å². The van der Waals surface area contributed by atoms with Crippen LogP contribution in [0.5, 0.6) is 5.75 Å². The number of phenolic OH excluding ortho intramolecular Hbond substituents is 1. The Morgan fingerprint density at radius 1 is 1.22 bits per heavy atom. The SMILES string of the molecule is N#CC(=Cc1ccc(O)c2ccccc12)C(N)=S. The largest absolute Gasteiger partial charge is 0.507 e. The fraction of sp³-hybridized carbons (Fsp3) is 0. The van der Waals surface area contributed by atoms with Gasteiger partial charge in [0.25, 0.3) is 0 Å². The smallest absolute Gasteiger partial charge is 0.123 e. The molecule has 0 aliphatic heterocycles. The molecule has 0 bridgehead atoms. The van der Waals surface area contributed by atoms with Crippen molar-refractivity contribution in [3.63, 3.8) is 0 Å². The van der Waals surface area contributed by atoms with Crippen molar-refractivity contribution in [2.45, 2.75) is 0 Å². The molecule has 2 rings (SSSR count). The third kappa shape index (κ3) is 2.17. The molecule has 0 amide bonds. The van der Waals surface area contributed by atoms with Crippen molar-refractivity contribution in [2.75, 3.05) is 0 Å². The quantitative estimate of drug-likeness (QED) is 0.491. The molecule has 4 heteroatoms. The normalized spacial score (nSPS) is 11.2. The maximum atomic E-state index is 9.76. The van der Waals surface area contributed by atoms with Crippen LogP contribution < -0.4 is 5.73 Å².